The molecule has 1 fully saturated rings. The summed E-state index contributed by atoms with van der Waals surface area (Å²) in [6, 6.07) is 3.50. The number of fused-ring (bicyclic) bond motifs is 1. The normalized spacial score (nSPS) is 18.5. The zero-order valence-corrected chi connectivity index (χ0v) is 19.7. The van der Waals surface area contributed by atoms with Crippen molar-refractivity contribution in [3.8, 4) is 17.1 Å². The van der Waals surface area contributed by atoms with E-state index in [0.717, 1.165) is 41.9 Å². The lowest BCUT2D eigenvalue weighted by atomic mass is 9.91. The van der Waals surface area contributed by atoms with E-state index in [1.165, 1.54) is 7.11 Å². The van der Waals surface area contributed by atoms with E-state index >= 15 is 0 Å². The molecule has 1 saturated carbocycles. The minimum absolute atomic E-state index is 0.0190. The molecular weight excluding hydrogens is 499 g/mol. The number of methoxy groups -OCH3 is 1. The highest BCUT2D eigenvalue weighted by Crippen LogP contribution is 2.37. The van der Waals surface area contributed by atoms with Gasteiger partial charge in [0.25, 0.3) is 6.43 Å². The Balaban J connectivity index is 1.39. The van der Waals surface area contributed by atoms with Gasteiger partial charge >= 0.3 is 6.18 Å². The molecule has 37 heavy (non-hydrogen) atoms. The Bertz CT molecular complexity index is 1390. The van der Waals surface area contributed by atoms with Crippen molar-refractivity contribution < 1.29 is 26.7 Å². The summed E-state index contributed by atoms with van der Waals surface area (Å²) in [6.07, 6.45) is 0.378. The third-order valence-electron chi connectivity index (χ3n) is 6.30. The van der Waals surface area contributed by atoms with Crippen LogP contribution in [-0.2, 0) is 12.7 Å². The van der Waals surface area contributed by atoms with Gasteiger partial charge in [-0.3, -0.25) is 4.68 Å². The SMILES string of the molecule is COc1ccc2ncn([C@H]3CCC[C@@H](Nc4ncc(C(F)(F)F)c(-c5cnn(CC(F)F)c5)n4)C3)c2n1. The fraction of sp³-hybridized carbons (Fsp3) is 0.435. The van der Waals surface area contributed by atoms with Gasteiger partial charge in [0, 0.05) is 36.1 Å². The molecule has 1 aliphatic rings. The van der Waals surface area contributed by atoms with Crippen LogP contribution in [0, 0.1) is 0 Å². The maximum Gasteiger partial charge on any atom is 0.419 e. The number of nitrogens with one attached hydrogen (secondary N) is 1. The van der Waals surface area contributed by atoms with Crippen molar-refractivity contribution in [3.63, 3.8) is 0 Å². The minimum atomic E-state index is -4.73. The van der Waals surface area contributed by atoms with Crippen molar-refractivity contribution >= 4 is 17.1 Å². The molecule has 1 aliphatic carbocycles. The van der Waals surface area contributed by atoms with Gasteiger partial charge in [0.05, 0.1) is 25.3 Å². The van der Waals surface area contributed by atoms with Crippen LogP contribution in [0.4, 0.5) is 27.9 Å². The first-order valence-corrected chi connectivity index (χ1v) is 11.6. The third-order valence-corrected chi connectivity index (χ3v) is 6.30. The molecule has 4 heterocycles. The molecule has 0 unspecified atom stereocenters. The summed E-state index contributed by atoms with van der Waals surface area (Å²) in [6.45, 7) is -0.731. The Morgan fingerprint density at radius 2 is 1.97 bits per heavy atom. The highest BCUT2D eigenvalue weighted by Gasteiger charge is 2.36. The summed E-state index contributed by atoms with van der Waals surface area (Å²) in [7, 11) is 1.54. The number of rotatable bonds is 7. The van der Waals surface area contributed by atoms with E-state index in [4.69, 9.17) is 4.74 Å². The summed E-state index contributed by atoms with van der Waals surface area (Å²) in [5, 5.41) is 6.90. The molecule has 4 aromatic heterocycles. The second-order valence-electron chi connectivity index (χ2n) is 8.81. The Kier molecular flexibility index (Phi) is 6.65. The minimum Gasteiger partial charge on any atom is -0.481 e. The van der Waals surface area contributed by atoms with Crippen LogP contribution in [0.3, 0.4) is 0 Å². The van der Waals surface area contributed by atoms with Gasteiger partial charge in [-0.2, -0.15) is 23.3 Å². The predicted octanol–water partition coefficient (Wildman–Crippen LogP) is 4.97. The van der Waals surface area contributed by atoms with Crippen LogP contribution in [0.1, 0.15) is 37.3 Å². The van der Waals surface area contributed by atoms with E-state index in [-0.39, 0.29) is 23.6 Å². The molecule has 5 rings (SSSR count). The number of pyridine rings is 1. The van der Waals surface area contributed by atoms with E-state index in [1.807, 2.05) is 10.6 Å². The molecule has 0 saturated heterocycles. The number of halogens is 5. The monoisotopic (exact) mass is 522 g/mol. The lowest BCUT2D eigenvalue weighted by molar-refractivity contribution is -0.137. The van der Waals surface area contributed by atoms with Crippen molar-refractivity contribution in [1.29, 1.82) is 0 Å². The number of nitrogens with zero attached hydrogens (tertiary/aromatic N) is 7. The smallest absolute Gasteiger partial charge is 0.419 e. The lowest BCUT2D eigenvalue weighted by Gasteiger charge is -2.30. The molecular formula is C23H23F5N8O. The van der Waals surface area contributed by atoms with Crippen molar-refractivity contribution in [2.75, 3.05) is 12.4 Å². The Labute approximate surface area is 207 Å². The first kappa shape index (κ1) is 24.8. The quantitative estimate of drug-likeness (QED) is 0.342. The summed E-state index contributed by atoms with van der Waals surface area (Å²) < 4.78 is 74.5. The van der Waals surface area contributed by atoms with Crippen LogP contribution in [0.5, 0.6) is 5.88 Å². The maximum atomic E-state index is 13.7. The Morgan fingerprint density at radius 1 is 1.14 bits per heavy atom. The average Bonchev–Trinajstić information content (AvgIpc) is 3.49. The number of hydrogen-bond acceptors (Lipinski definition) is 7. The van der Waals surface area contributed by atoms with Gasteiger partial charge < -0.3 is 14.6 Å². The molecule has 2 atom stereocenters. The summed E-state index contributed by atoms with van der Waals surface area (Å²) in [4.78, 5) is 17.0. The zero-order valence-electron chi connectivity index (χ0n) is 19.7. The van der Waals surface area contributed by atoms with Crippen LogP contribution in [0.25, 0.3) is 22.4 Å². The highest BCUT2D eigenvalue weighted by atomic mass is 19.4. The predicted molar refractivity (Wildman–Crippen MR) is 123 cm³/mol. The van der Waals surface area contributed by atoms with E-state index in [1.54, 1.807) is 12.4 Å². The highest BCUT2D eigenvalue weighted by molar-refractivity contribution is 5.71. The molecule has 14 heteroatoms. The van der Waals surface area contributed by atoms with Crippen molar-refractivity contribution in [2.24, 2.45) is 0 Å². The molecule has 0 radical (unpaired) electrons. The van der Waals surface area contributed by atoms with Gasteiger partial charge in [-0.25, -0.2) is 23.7 Å². The van der Waals surface area contributed by atoms with Crippen molar-refractivity contribution in [1.82, 2.24) is 34.3 Å². The first-order valence-electron chi connectivity index (χ1n) is 11.6. The standard InChI is InChI=1S/C23H23F5N8O/c1-37-19-6-5-17-21(33-19)36(12-30-17)15-4-2-3-14(7-15)32-22-29-9-16(23(26,27)28)20(34-22)13-8-31-35(10-13)11-18(24)25/h5-6,8-10,12,14-15,18H,2-4,7,11H2,1H3,(H,29,32,34)/t14-,15+/m1/s1. The third kappa shape index (κ3) is 5.32. The van der Waals surface area contributed by atoms with Crippen LogP contribution in [0.15, 0.2) is 37.1 Å². The second-order valence-corrected chi connectivity index (χ2v) is 8.81. The van der Waals surface area contributed by atoms with Crippen molar-refractivity contribution in [3.05, 3.63) is 42.6 Å². The van der Waals surface area contributed by atoms with Crippen LogP contribution >= 0.6 is 0 Å². The molecule has 1 N–H and O–H groups in total. The fourth-order valence-electron chi connectivity index (χ4n) is 4.61. The summed E-state index contributed by atoms with van der Waals surface area (Å²) >= 11 is 0. The summed E-state index contributed by atoms with van der Waals surface area (Å²) in [5.74, 6) is 0.493. The number of aromatic nitrogens is 7. The second kappa shape index (κ2) is 9.90. The molecule has 196 valence electrons. The van der Waals surface area contributed by atoms with E-state index in [0.29, 0.717) is 24.1 Å². The molecule has 0 spiro atoms. The van der Waals surface area contributed by atoms with Gasteiger partial charge in [0.15, 0.2) is 5.65 Å². The number of anilines is 1. The topological polar surface area (TPSA) is 95.6 Å². The van der Waals surface area contributed by atoms with E-state index in [2.05, 4.69) is 30.4 Å². The van der Waals surface area contributed by atoms with Crippen LogP contribution < -0.4 is 10.1 Å². The molecule has 0 aliphatic heterocycles. The maximum absolute atomic E-state index is 13.7. The number of hydrogen-bond donors (Lipinski definition) is 1. The van der Waals surface area contributed by atoms with E-state index < -0.39 is 30.4 Å². The fourth-order valence-corrected chi connectivity index (χ4v) is 4.61. The number of alkyl halides is 5. The molecule has 0 aromatic carbocycles. The van der Waals surface area contributed by atoms with Gasteiger partial charge in [0.1, 0.15) is 17.6 Å². The average molecular weight is 522 g/mol. The zero-order chi connectivity index (χ0) is 26.2. The summed E-state index contributed by atoms with van der Waals surface area (Å²) in [5.41, 5.74) is -0.0847. The van der Waals surface area contributed by atoms with Gasteiger partial charge in [-0.15, -0.1) is 0 Å². The molecule has 9 nitrogen and oxygen atoms in total. The van der Waals surface area contributed by atoms with E-state index in [9.17, 15) is 22.0 Å². The Morgan fingerprint density at radius 3 is 2.73 bits per heavy atom. The van der Waals surface area contributed by atoms with Gasteiger partial charge in [-0.05, 0) is 31.7 Å². The van der Waals surface area contributed by atoms with Crippen molar-refractivity contribution in [2.45, 2.75) is 56.9 Å². The molecule has 0 amide bonds. The molecule has 4 aromatic rings. The molecule has 0 bridgehead atoms. The van der Waals surface area contributed by atoms with Crippen LogP contribution in [-0.4, -0.2) is 53.9 Å². The Hall–Kier alpha value is -3.84. The van der Waals surface area contributed by atoms with Gasteiger partial charge in [0.2, 0.25) is 11.8 Å². The lowest BCUT2D eigenvalue weighted by Crippen LogP contribution is -2.29. The number of imidazole rings is 1. The van der Waals surface area contributed by atoms with Gasteiger partial charge in [-0.1, -0.05) is 0 Å². The largest absolute Gasteiger partial charge is 0.481 e. The van der Waals surface area contributed by atoms with Crippen LogP contribution in [0.2, 0.25) is 0 Å². The first-order chi connectivity index (χ1) is 17.7. The number of ether oxygens (including phenoxy) is 1.